The average Bonchev–Trinajstić information content (AvgIpc) is 3.45. The molecule has 4 atom stereocenters. The molecule has 1 aliphatic rings. The lowest BCUT2D eigenvalue weighted by Gasteiger charge is -2.37. The summed E-state index contributed by atoms with van der Waals surface area (Å²) in [7, 11) is -2.14. The first-order valence-electron chi connectivity index (χ1n) is 16.1. The monoisotopic (exact) mass is 718 g/mol. The highest BCUT2D eigenvalue weighted by Gasteiger charge is 2.43. The summed E-state index contributed by atoms with van der Waals surface area (Å²) in [6, 6.07) is -1.07. The molecule has 1 saturated heterocycles. The number of amides is 5. The van der Waals surface area contributed by atoms with E-state index >= 15 is 0 Å². The standard InChI is InChI=1S/C32H52F2N6O8S/c1-31(2,3)24(18-39(7)49(8,47)48)37-30(46)38-26(32(4,5)6)29(45)40-15-9-10-21(40)28(44)36-20(17-25(33)34)27(43)35-14-13-19-11-12-22(41)23(42)16-19/h11-12,16,20-21,24-26,41-42H,9-10,13-15,17-18H2,1-8H3,(H,35,43)(H,36,44)(H2,37,38,46)/t20-,21-,24+,26+/m0/s1. The molecular weight excluding hydrogens is 666 g/mol. The summed E-state index contributed by atoms with van der Waals surface area (Å²) in [5.41, 5.74) is -0.841. The molecule has 5 amide bonds. The van der Waals surface area contributed by atoms with E-state index in [1.165, 1.54) is 30.1 Å². The summed E-state index contributed by atoms with van der Waals surface area (Å²) in [5, 5.41) is 29.5. The van der Waals surface area contributed by atoms with Gasteiger partial charge in [-0.1, -0.05) is 47.6 Å². The first-order chi connectivity index (χ1) is 22.4. The molecule has 0 aromatic heterocycles. The topological polar surface area (TPSA) is 197 Å². The lowest BCUT2D eigenvalue weighted by molar-refractivity contribution is -0.142. The molecule has 0 radical (unpaired) electrons. The van der Waals surface area contributed by atoms with Crippen molar-refractivity contribution in [1.82, 2.24) is 30.5 Å². The van der Waals surface area contributed by atoms with Crippen LogP contribution in [0.15, 0.2) is 18.2 Å². The Balaban J connectivity index is 2.16. The largest absolute Gasteiger partial charge is 0.504 e. The quantitative estimate of drug-likeness (QED) is 0.157. The van der Waals surface area contributed by atoms with Crippen LogP contribution in [0.4, 0.5) is 13.6 Å². The van der Waals surface area contributed by atoms with Gasteiger partial charge in [-0.15, -0.1) is 0 Å². The van der Waals surface area contributed by atoms with Crippen LogP contribution in [-0.4, -0.2) is 115 Å². The van der Waals surface area contributed by atoms with Crippen molar-refractivity contribution in [3.05, 3.63) is 23.8 Å². The molecule has 1 heterocycles. The Kier molecular flexibility index (Phi) is 14.2. The smallest absolute Gasteiger partial charge is 0.315 e. The molecule has 1 fully saturated rings. The van der Waals surface area contributed by atoms with E-state index in [0.29, 0.717) is 12.0 Å². The van der Waals surface area contributed by atoms with Gasteiger partial charge < -0.3 is 36.4 Å². The number of likely N-dealkylation sites (tertiary alicyclic amines) is 1. The van der Waals surface area contributed by atoms with E-state index in [1.807, 2.05) is 20.8 Å². The van der Waals surface area contributed by atoms with Crippen molar-refractivity contribution in [2.75, 3.05) is 32.9 Å². The number of urea groups is 1. The van der Waals surface area contributed by atoms with Crippen molar-refractivity contribution < 1.29 is 46.6 Å². The van der Waals surface area contributed by atoms with Crippen molar-refractivity contribution in [1.29, 1.82) is 0 Å². The molecule has 0 saturated carbocycles. The second-order valence-electron chi connectivity index (χ2n) is 14.6. The fourth-order valence-corrected chi connectivity index (χ4v) is 5.65. The molecule has 278 valence electrons. The maximum Gasteiger partial charge on any atom is 0.315 e. The number of sulfonamides is 1. The van der Waals surface area contributed by atoms with Crippen LogP contribution >= 0.6 is 0 Å². The van der Waals surface area contributed by atoms with Gasteiger partial charge in [-0.05, 0) is 47.8 Å². The minimum atomic E-state index is -3.54. The van der Waals surface area contributed by atoms with Gasteiger partial charge in [-0.2, -0.15) is 0 Å². The van der Waals surface area contributed by atoms with E-state index in [9.17, 15) is 46.6 Å². The van der Waals surface area contributed by atoms with E-state index in [0.717, 1.165) is 10.6 Å². The number of nitrogens with zero attached hydrogens (tertiary/aromatic N) is 2. The SMILES string of the molecule is CN(C[C@@H](NC(=O)N[C@H](C(=O)N1CCC[C@H]1C(=O)N[C@@H](CC(F)F)C(=O)NCCc1ccc(O)c(O)c1)C(C)(C)C)C(C)(C)C)S(C)(=O)=O. The first kappa shape index (κ1) is 41.4. The zero-order valence-electron chi connectivity index (χ0n) is 29.5. The highest BCUT2D eigenvalue weighted by Crippen LogP contribution is 2.27. The Morgan fingerprint density at radius 2 is 1.63 bits per heavy atom. The van der Waals surface area contributed by atoms with Gasteiger partial charge in [0, 0.05) is 39.1 Å². The number of rotatable bonds is 14. The number of hydrogen-bond donors (Lipinski definition) is 6. The molecule has 49 heavy (non-hydrogen) atoms. The van der Waals surface area contributed by atoms with Crippen molar-refractivity contribution in [2.45, 2.75) is 97.8 Å². The van der Waals surface area contributed by atoms with Crippen molar-refractivity contribution in [3.63, 3.8) is 0 Å². The molecule has 1 aromatic carbocycles. The molecule has 1 aromatic rings. The summed E-state index contributed by atoms with van der Waals surface area (Å²) in [5.74, 6) is -2.88. The number of carbonyl (C=O) groups excluding carboxylic acids is 4. The third-order valence-corrected chi connectivity index (χ3v) is 9.66. The Hall–Kier alpha value is -3.73. The third-order valence-electron chi connectivity index (χ3n) is 8.38. The molecule has 2 rings (SSSR count). The number of benzene rings is 1. The minimum absolute atomic E-state index is 0.00565. The number of aromatic hydroxyl groups is 2. The van der Waals surface area contributed by atoms with Crippen LogP contribution in [-0.2, 0) is 30.8 Å². The summed E-state index contributed by atoms with van der Waals surface area (Å²) in [6.07, 6.45) is -2.00. The number of phenolic OH excluding ortho intramolecular Hbond substituents is 2. The van der Waals surface area contributed by atoms with Gasteiger partial charge in [0.05, 0.1) is 6.26 Å². The Morgan fingerprint density at radius 1 is 1.00 bits per heavy atom. The number of carbonyl (C=O) groups is 4. The predicted molar refractivity (Wildman–Crippen MR) is 179 cm³/mol. The van der Waals surface area contributed by atoms with Gasteiger partial charge in [0.15, 0.2) is 11.5 Å². The fraction of sp³-hybridized carbons (Fsp3) is 0.688. The van der Waals surface area contributed by atoms with Crippen LogP contribution in [0.5, 0.6) is 11.5 Å². The van der Waals surface area contributed by atoms with Crippen LogP contribution in [0.3, 0.4) is 0 Å². The van der Waals surface area contributed by atoms with Crippen molar-refractivity contribution >= 4 is 33.8 Å². The summed E-state index contributed by atoms with van der Waals surface area (Å²) in [6.45, 7) is 10.8. The van der Waals surface area contributed by atoms with Crippen LogP contribution in [0.1, 0.15) is 66.4 Å². The van der Waals surface area contributed by atoms with Gasteiger partial charge in [-0.25, -0.2) is 26.3 Å². The van der Waals surface area contributed by atoms with E-state index in [1.54, 1.807) is 20.8 Å². The number of phenols is 2. The zero-order chi connectivity index (χ0) is 37.5. The van der Waals surface area contributed by atoms with Crippen LogP contribution < -0.4 is 21.3 Å². The molecule has 6 N–H and O–H groups in total. The van der Waals surface area contributed by atoms with Crippen LogP contribution in [0.25, 0.3) is 0 Å². The maximum atomic E-state index is 13.9. The third kappa shape index (κ3) is 12.6. The lowest BCUT2D eigenvalue weighted by Crippen LogP contribution is -2.62. The summed E-state index contributed by atoms with van der Waals surface area (Å²) in [4.78, 5) is 54.8. The number of halogens is 2. The average molecular weight is 719 g/mol. The zero-order valence-corrected chi connectivity index (χ0v) is 30.3. The Bertz CT molecular complexity index is 1450. The maximum absolute atomic E-state index is 13.9. The van der Waals surface area contributed by atoms with Gasteiger partial charge in [0.2, 0.25) is 34.2 Å². The molecule has 0 unspecified atom stereocenters. The molecule has 1 aliphatic heterocycles. The number of likely N-dealkylation sites (N-methyl/N-ethyl adjacent to an activating group) is 1. The van der Waals surface area contributed by atoms with E-state index in [2.05, 4.69) is 21.3 Å². The van der Waals surface area contributed by atoms with Crippen LogP contribution in [0.2, 0.25) is 0 Å². The van der Waals surface area contributed by atoms with Crippen molar-refractivity contribution in [2.24, 2.45) is 10.8 Å². The molecular formula is C32H52F2N6O8S. The minimum Gasteiger partial charge on any atom is -0.504 e. The van der Waals surface area contributed by atoms with Gasteiger partial charge in [-0.3, -0.25) is 14.4 Å². The van der Waals surface area contributed by atoms with Crippen LogP contribution in [0, 0.1) is 10.8 Å². The second-order valence-corrected chi connectivity index (χ2v) is 16.7. The Morgan fingerprint density at radius 3 is 2.16 bits per heavy atom. The second kappa shape index (κ2) is 16.8. The molecule has 14 nitrogen and oxygen atoms in total. The molecule has 17 heteroatoms. The highest BCUT2D eigenvalue weighted by molar-refractivity contribution is 7.88. The van der Waals surface area contributed by atoms with Crippen molar-refractivity contribution in [3.8, 4) is 11.5 Å². The molecule has 0 aliphatic carbocycles. The molecule has 0 bridgehead atoms. The first-order valence-corrected chi connectivity index (χ1v) is 17.9. The van der Waals surface area contributed by atoms with Gasteiger partial charge in [0.25, 0.3) is 0 Å². The lowest BCUT2D eigenvalue weighted by atomic mass is 9.85. The number of hydrogen-bond acceptors (Lipinski definition) is 8. The molecule has 0 spiro atoms. The predicted octanol–water partition coefficient (Wildman–Crippen LogP) is 1.91. The van der Waals surface area contributed by atoms with Gasteiger partial charge in [0.1, 0.15) is 18.1 Å². The summed E-state index contributed by atoms with van der Waals surface area (Å²) >= 11 is 0. The summed E-state index contributed by atoms with van der Waals surface area (Å²) < 4.78 is 52.1. The van der Waals surface area contributed by atoms with E-state index < -0.39 is 81.6 Å². The highest BCUT2D eigenvalue weighted by atomic mass is 32.2. The normalized spacial score (nSPS) is 17.4. The fourth-order valence-electron chi connectivity index (χ4n) is 5.23. The van der Waals surface area contributed by atoms with E-state index in [4.69, 9.17) is 0 Å². The number of alkyl halides is 2. The Labute approximate surface area is 287 Å². The van der Waals surface area contributed by atoms with E-state index in [-0.39, 0.29) is 44.0 Å². The van der Waals surface area contributed by atoms with Gasteiger partial charge >= 0.3 is 6.03 Å². The number of nitrogens with one attached hydrogen (secondary N) is 4.